The summed E-state index contributed by atoms with van der Waals surface area (Å²) in [5, 5.41) is 0. The average molecular weight is 475 g/mol. The van der Waals surface area contributed by atoms with Crippen molar-refractivity contribution in [2.45, 2.75) is 92.1 Å². The number of ether oxygens (including phenoxy) is 1. The zero-order valence-corrected chi connectivity index (χ0v) is 22.5. The van der Waals surface area contributed by atoms with Gasteiger partial charge in [0, 0.05) is 32.1 Å². The van der Waals surface area contributed by atoms with Gasteiger partial charge in [-0.2, -0.15) is 0 Å². The molecule has 0 spiro atoms. The first-order valence-corrected chi connectivity index (χ1v) is 14.0. The third-order valence-corrected chi connectivity index (χ3v) is 9.63. The summed E-state index contributed by atoms with van der Waals surface area (Å²) in [5.74, 6) is -1.19. The Kier molecular flexibility index (Phi) is 7.98. The standard InChI is InChI=1S/C27H43N2O3P/c1-21(30)32-25(18-17-22-13-9-8-10-14-22)33(31)28(19-26(2,3)4)23-15-11-12-16-24(23)29(33)20-27(5,6)7/h8-10,13-14,17-18,23-25H,11-12,15-16,19-20H2,1-7H3/t23-,24-,25?/m1/s1. The van der Waals surface area contributed by atoms with Crippen molar-refractivity contribution in [1.82, 2.24) is 9.34 Å². The molecular weight excluding hydrogens is 431 g/mol. The number of carbonyl (C=O) groups excluding carboxylic acids is 1. The van der Waals surface area contributed by atoms with Crippen molar-refractivity contribution in [3.63, 3.8) is 0 Å². The normalized spacial score (nSPS) is 25.2. The smallest absolute Gasteiger partial charge is 0.303 e. The van der Waals surface area contributed by atoms with E-state index in [0.717, 1.165) is 31.2 Å². The minimum atomic E-state index is -3.25. The number of rotatable bonds is 6. The molecule has 3 atom stereocenters. The van der Waals surface area contributed by atoms with E-state index in [-0.39, 0.29) is 22.9 Å². The third kappa shape index (κ3) is 6.38. The van der Waals surface area contributed by atoms with Gasteiger partial charge < -0.3 is 4.74 Å². The Morgan fingerprint density at radius 3 is 1.91 bits per heavy atom. The second-order valence-electron chi connectivity index (χ2n) is 12.1. The summed E-state index contributed by atoms with van der Waals surface area (Å²) in [5.41, 5.74) is 0.946. The fraction of sp³-hybridized carbons (Fsp3) is 0.667. The SMILES string of the molecule is CC(=O)OC(C=Cc1ccccc1)P1(=O)N(CC(C)(C)C)[C@@H]2CCCC[C@H]2N1CC(C)(C)C. The van der Waals surface area contributed by atoms with Crippen LogP contribution in [0, 0.1) is 10.8 Å². The van der Waals surface area contributed by atoms with Crippen LogP contribution in [0.2, 0.25) is 0 Å². The van der Waals surface area contributed by atoms with Crippen molar-refractivity contribution >= 4 is 19.5 Å². The molecule has 0 radical (unpaired) electrons. The summed E-state index contributed by atoms with van der Waals surface area (Å²) in [6, 6.07) is 10.4. The van der Waals surface area contributed by atoms with Gasteiger partial charge in [-0.15, -0.1) is 0 Å². The fourth-order valence-electron chi connectivity index (χ4n) is 5.21. The van der Waals surface area contributed by atoms with Gasteiger partial charge in [0.25, 0.3) is 7.44 Å². The Morgan fingerprint density at radius 1 is 1.00 bits per heavy atom. The van der Waals surface area contributed by atoms with Crippen LogP contribution in [0.4, 0.5) is 0 Å². The quantitative estimate of drug-likeness (QED) is 0.335. The molecule has 1 aromatic carbocycles. The highest BCUT2D eigenvalue weighted by molar-refractivity contribution is 7.60. The Bertz CT molecular complexity index is 849. The lowest BCUT2D eigenvalue weighted by Gasteiger charge is -2.40. The molecule has 0 N–H and O–H groups in total. The van der Waals surface area contributed by atoms with E-state index in [9.17, 15) is 4.79 Å². The monoisotopic (exact) mass is 474 g/mol. The number of fused-ring (bicyclic) bond motifs is 1. The van der Waals surface area contributed by atoms with Crippen molar-refractivity contribution in [2.24, 2.45) is 10.8 Å². The second kappa shape index (κ2) is 10.1. The average Bonchev–Trinajstić information content (AvgIpc) is 2.93. The molecule has 1 heterocycles. The Morgan fingerprint density at radius 2 is 1.48 bits per heavy atom. The molecule has 33 heavy (non-hydrogen) atoms. The minimum absolute atomic E-state index is 0.0285. The summed E-state index contributed by atoms with van der Waals surface area (Å²) in [4.78, 5) is 12.2. The van der Waals surface area contributed by atoms with E-state index < -0.39 is 19.3 Å². The van der Waals surface area contributed by atoms with Crippen LogP contribution < -0.4 is 0 Å². The Balaban J connectivity index is 2.13. The molecule has 0 aromatic heterocycles. The lowest BCUT2D eigenvalue weighted by atomic mass is 9.87. The molecule has 2 aliphatic rings. The first-order chi connectivity index (χ1) is 15.3. The molecule has 0 amide bonds. The van der Waals surface area contributed by atoms with Crippen molar-refractivity contribution in [3.8, 4) is 0 Å². The summed E-state index contributed by atoms with van der Waals surface area (Å²) in [7, 11) is -3.25. The van der Waals surface area contributed by atoms with Crippen molar-refractivity contribution in [1.29, 1.82) is 0 Å². The van der Waals surface area contributed by atoms with E-state index in [1.165, 1.54) is 6.92 Å². The lowest BCUT2D eigenvalue weighted by molar-refractivity contribution is -0.141. The first-order valence-electron chi connectivity index (χ1n) is 12.4. The van der Waals surface area contributed by atoms with Crippen LogP contribution in [-0.2, 0) is 14.1 Å². The maximum atomic E-state index is 15.4. The minimum Gasteiger partial charge on any atom is -0.447 e. The molecule has 184 valence electrons. The lowest BCUT2D eigenvalue weighted by Crippen LogP contribution is -2.43. The van der Waals surface area contributed by atoms with Gasteiger partial charge in [-0.25, -0.2) is 9.34 Å². The number of esters is 1. The zero-order valence-electron chi connectivity index (χ0n) is 21.6. The molecule has 1 saturated carbocycles. The van der Waals surface area contributed by atoms with Gasteiger partial charge in [0.15, 0.2) is 5.85 Å². The van der Waals surface area contributed by atoms with Crippen LogP contribution >= 0.6 is 7.44 Å². The summed E-state index contributed by atoms with van der Waals surface area (Å²) in [6.45, 7) is 16.0. The summed E-state index contributed by atoms with van der Waals surface area (Å²) >= 11 is 0. The molecule has 1 aliphatic heterocycles. The topological polar surface area (TPSA) is 49.9 Å². The number of carbonyl (C=O) groups is 1. The van der Waals surface area contributed by atoms with Crippen molar-refractivity contribution in [2.75, 3.05) is 13.1 Å². The molecule has 0 bridgehead atoms. The first kappa shape index (κ1) is 26.2. The van der Waals surface area contributed by atoms with Crippen LogP contribution in [-0.4, -0.2) is 46.3 Å². The molecule has 1 unspecified atom stereocenters. The van der Waals surface area contributed by atoms with Crippen molar-refractivity contribution < 1.29 is 14.1 Å². The molecule has 1 aliphatic carbocycles. The predicted molar refractivity (Wildman–Crippen MR) is 137 cm³/mol. The van der Waals surface area contributed by atoms with E-state index in [1.54, 1.807) is 0 Å². The highest BCUT2D eigenvalue weighted by atomic mass is 31.2. The largest absolute Gasteiger partial charge is 0.447 e. The summed E-state index contributed by atoms with van der Waals surface area (Å²) in [6.07, 6.45) is 8.20. The second-order valence-corrected chi connectivity index (χ2v) is 14.8. The van der Waals surface area contributed by atoms with E-state index in [1.807, 2.05) is 42.5 Å². The van der Waals surface area contributed by atoms with Crippen LogP contribution in [0.1, 0.15) is 79.7 Å². The van der Waals surface area contributed by atoms with E-state index >= 15 is 4.57 Å². The molecule has 1 saturated heterocycles. The van der Waals surface area contributed by atoms with Gasteiger partial charge in [-0.1, -0.05) is 90.8 Å². The van der Waals surface area contributed by atoms with E-state index in [2.05, 4.69) is 50.9 Å². The van der Waals surface area contributed by atoms with Gasteiger partial charge in [-0.05, 0) is 35.3 Å². The molecular formula is C27H43N2O3P. The highest BCUT2D eigenvalue weighted by Crippen LogP contribution is 2.68. The zero-order chi connectivity index (χ0) is 24.4. The number of hydrogen-bond acceptors (Lipinski definition) is 3. The Hall–Kier alpha value is -1.42. The van der Waals surface area contributed by atoms with Crippen LogP contribution in [0.15, 0.2) is 36.4 Å². The molecule has 1 aromatic rings. The maximum absolute atomic E-state index is 15.4. The highest BCUT2D eigenvalue weighted by Gasteiger charge is 2.59. The van der Waals surface area contributed by atoms with Gasteiger partial charge in [0.2, 0.25) is 0 Å². The van der Waals surface area contributed by atoms with Gasteiger partial charge in [-0.3, -0.25) is 9.36 Å². The predicted octanol–water partition coefficient (Wildman–Crippen LogP) is 6.80. The Labute approximate surface area is 201 Å². The summed E-state index contributed by atoms with van der Waals surface area (Å²) < 4.78 is 25.8. The van der Waals surface area contributed by atoms with Gasteiger partial charge in [0.05, 0.1) is 0 Å². The van der Waals surface area contributed by atoms with Crippen LogP contribution in [0.5, 0.6) is 0 Å². The van der Waals surface area contributed by atoms with Gasteiger partial charge in [0.1, 0.15) is 0 Å². The maximum Gasteiger partial charge on any atom is 0.303 e. The van der Waals surface area contributed by atoms with E-state index in [0.29, 0.717) is 13.1 Å². The number of benzene rings is 1. The fourth-order valence-corrected chi connectivity index (χ4v) is 9.33. The third-order valence-electron chi connectivity index (χ3n) is 6.34. The number of hydrogen-bond donors (Lipinski definition) is 0. The van der Waals surface area contributed by atoms with Crippen molar-refractivity contribution in [3.05, 3.63) is 42.0 Å². The van der Waals surface area contributed by atoms with Gasteiger partial charge >= 0.3 is 5.97 Å². The van der Waals surface area contributed by atoms with Crippen LogP contribution in [0.25, 0.3) is 6.08 Å². The molecule has 3 rings (SSSR count). The molecule has 6 heteroatoms. The van der Waals surface area contributed by atoms with Crippen LogP contribution in [0.3, 0.4) is 0 Å². The number of nitrogens with zero attached hydrogens (tertiary/aromatic N) is 2. The van der Waals surface area contributed by atoms with E-state index in [4.69, 9.17) is 4.74 Å². The molecule has 5 nitrogen and oxygen atoms in total. The molecule has 2 fully saturated rings.